The standard InChI is InChI=1S/C12H11NO3/c1-15-9-5-2-4-8(13)11(9)12(14)10-6-3-7-16-10/h2-7H,13H2,1H3. The fourth-order valence-electron chi connectivity index (χ4n) is 1.49. The average molecular weight is 217 g/mol. The number of carbonyl (C=O) groups excluding carboxylic acids is 1. The van der Waals surface area contributed by atoms with Crippen molar-refractivity contribution in [3.8, 4) is 5.75 Å². The minimum atomic E-state index is -0.278. The number of ether oxygens (including phenoxy) is 1. The molecule has 0 aliphatic heterocycles. The van der Waals surface area contributed by atoms with Gasteiger partial charge < -0.3 is 14.9 Å². The maximum Gasteiger partial charge on any atom is 0.233 e. The molecule has 0 aliphatic rings. The van der Waals surface area contributed by atoms with Gasteiger partial charge in [0, 0.05) is 5.69 Å². The van der Waals surface area contributed by atoms with Gasteiger partial charge >= 0.3 is 0 Å². The third-order valence-corrected chi connectivity index (χ3v) is 2.25. The zero-order valence-corrected chi connectivity index (χ0v) is 8.77. The maximum absolute atomic E-state index is 12.1. The van der Waals surface area contributed by atoms with E-state index >= 15 is 0 Å². The summed E-state index contributed by atoms with van der Waals surface area (Å²) >= 11 is 0. The first kappa shape index (κ1) is 10.3. The molecule has 1 heterocycles. The number of ketones is 1. The Morgan fingerprint density at radius 3 is 2.75 bits per heavy atom. The minimum absolute atomic E-state index is 0.246. The monoisotopic (exact) mass is 217 g/mol. The molecule has 4 nitrogen and oxygen atoms in total. The molecule has 2 aromatic rings. The number of hydrogen-bond acceptors (Lipinski definition) is 4. The quantitative estimate of drug-likeness (QED) is 0.631. The number of carbonyl (C=O) groups is 1. The SMILES string of the molecule is COc1cccc(N)c1C(=O)c1ccco1. The molecule has 0 bridgehead atoms. The molecule has 2 rings (SSSR count). The predicted molar refractivity (Wildman–Crippen MR) is 59.5 cm³/mol. The lowest BCUT2D eigenvalue weighted by atomic mass is 10.1. The van der Waals surface area contributed by atoms with Gasteiger partial charge in [0.25, 0.3) is 0 Å². The topological polar surface area (TPSA) is 65.5 Å². The number of benzene rings is 1. The Balaban J connectivity index is 2.51. The summed E-state index contributed by atoms with van der Waals surface area (Å²) in [7, 11) is 1.49. The van der Waals surface area contributed by atoms with Gasteiger partial charge in [-0.05, 0) is 24.3 Å². The van der Waals surface area contributed by atoms with E-state index in [9.17, 15) is 4.79 Å². The Morgan fingerprint density at radius 1 is 1.31 bits per heavy atom. The Bertz CT molecular complexity index is 503. The highest BCUT2D eigenvalue weighted by Gasteiger charge is 2.19. The summed E-state index contributed by atoms with van der Waals surface area (Å²) in [6.07, 6.45) is 1.44. The maximum atomic E-state index is 12.1. The van der Waals surface area contributed by atoms with Crippen molar-refractivity contribution in [2.45, 2.75) is 0 Å². The van der Waals surface area contributed by atoms with Crippen LogP contribution in [0.4, 0.5) is 5.69 Å². The van der Waals surface area contributed by atoms with E-state index < -0.39 is 0 Å². The highest BCUT2D eigenvalue weighted by atomic mass is 16.5. The Morgan fingerprint density at radius 2 is 2.12 bits per heavy atom. The van der Waals surface area contributed by atoms with Crippen LogP contribution in [0.15, 0.2) is 41.0 Å². The summed E-state index contributed by atoms with van der Waals surface area (Å²) in [5, 5.41) is 0. The molecule has 1 aromatic heterocycles. The molecule has 0 amide bonds. The van der Waals surface area contributed by atoms with Crippen molar-refractivity contribution >= 4 is 11.5 Å². The van der Waals surface area contributed by atoms with Crippen molar-refractivity contribution in [3.63, 3.8) is 0 Å². The molecule has 1 aromatic carbocycles. The van der Waals surface area contributed by atoms with Gasteiger partial charge in [0.05, 0.1) is 18.9 Å². The first-order chi connectivity index (χ1) is 7.74. The molecule has 16 heavy (non-hydrogen) atoms. The highest BCUT2D eigenvalue weighted by Crippen LogP contribution is 2.26. The number of hydrogen-bond donors (Lipinski definition) is 1. The van der Waals surface area contributed by atoms with Crippen LogP contribution in [-0.4, -0.2) is 12.9 Å². The van der Waals surface area contributed by atoms with Gasteiger partial charge in [-0.2, -0.15) is 0 Å². The molecule has 0 fully saturated rings. The third-order valence-electron chi connectivity index (χ3n) is 2.25. The molecular formula is C12H11NO3. The van der Waals surface area contributed by atoms with Crippen LogP contribution in [0, 0.1) is 0 Å². The van der Waals surface area contributed by atoms with E-state index in [1.165, 1.54) is 13.4 Å². The molecule has 4 heteroatoms. The molecule has 0 aliphatic carbocycles. The van der Waals surface area contributed by atoms with Crippen molar-refractivity contribution in [3.05, 3.63) is 47.9 Å². The lowest BCUT2D eigenvalue weighted by Gasteiger charge is -2.08. The van der Waals surface area contributed by atoms with Crippen molar-refractivity contribution in [1.29, 1.82) is 0 Å². The van der Waals surface area contributed by atoms with Crippen molar-refractivity contribution in [1.82, 2.24) is 0 Å². The van der Waals surface area contributed by atoms with Crippen molar-refractivity contribution < 1.29 is 13.9 Å². The van der Waals surface area contributed by atoms with Gasteiger partial charge in [0.2, 0.25) is 5.78 Å². The molecule has 2 N–H and O–H groups in total. The van der Waals surface area contributed by atoms with E-state index in [1.807, 2.05) is 0 Å². The molecular weight excluding hydrogens is 206 g/mol. The lowest BCUT2D eigenvalue weighted by molar-refractivity contribution is 0.101. The number of nitrogens with two attached hydrogens (primary N) is 1. The van der Waals surface area contributed by atoms with Gasteiger partial charge in [-0.25, -0.2) is 0 Å². The Kier molecular flexibility index (Phi) is 2.64. The number of furan rings is 1. The lowest BCUT2D eigenvalue weighted by Crippen LogP contribution is -2.06. The van der Waals surface area contributed by atoms with E-state index in [1.54, 1.807) is 30.3 Å². The summed E-state index contributed by atoms with van der Waals surface area (Å²) in [4.78, 5) is 12.1. The Labute approximate surface area is 92.6 Å². The molecule has 0 atom stereocenters. The van der Waals surface area contributed by atoms with Crippen LogP contribution in [-0.2, 0) is 0 Å². The number of methoxy groups -OCH3 is 1. The largest absolute Gasteiger partial charge is 0.496 e. The van der Waals surface area contributed by atoms with E-state index in [4.69, 9.17) is 14.9 Å². The summed E-state index contributed by atoms with van der Waals surface area (Å²) < 4.78 is 10.1. The van der Waals surface area contributed by atoms with Gasteiger partial charge in [0.15, 0.2) is 5.76 Å². The normalized spacial score (nSPS) is 10.1. The second-order valence-corrected chi connectivity index (χ2v) is 3.23. The van der Waals surface area contributed by atoms with Gasteiger partial charge in [-0.1, -0.05) is 6.07 Å². The molecule has 0 spiro atoms. The van der Waals surface area contributed by atoms with E-state index in [0.29, 0.717) is 17.0 Å². The van der Waals surface area contributed by atoms with Crippen LogP contribution in [0.2, 0.25) is 0 Å². The molecule has 0 unspecified atom stereocenters. The summed E-state index contributed by atoms with van der Waals surface area (Å²) in [6.45, 7) is 0. The number of nitrogen functional groups attached to an aromatic ring is 1. The number of anilines is 1. The molecule has 0 saturated heterocycles. The van der Waals surface area contributed by atoms with Crippen LogP contribution in [0.3, 0.4) is 0 Å². The molecule has 0 radical (unpaired) electrons. The second kappa shape index (κ2) is 4.10. The summed E-state index contributed by atoms with van der Waals surface area (Å²) in [5.41, 5.74) is 6.47. The van der Waals surface area contributed by atoms with E-state index in [0.717, 1.165) is 0 Å². The van der Waals surface area contributed by atoms with Gasteiger partial charge in [-0.15, -0.1) is 0 Å². The van der Waals surface area contributed by atoms with E-state index in [-0.39, 0.29) is 11.5 Å². The van der Waals surface area contributed by atoms with Crippen LogP contribution in [0.25, 0.3) is 0 Å². The number of rotatable bonds is 3. The van der Waals surface area contributed by atoms with Gasteiger partial charge in [-0.3, -0.25) is 4.79 Å². The fourth-order valence-corrected chi connectivity index (χ4v) is 1.49. The zero-order valence-electron chi connectivity index (χ0n) is 8.77. The van der Waals surface area contributed by atoms with Crippen LogP contribution >= 0.6 is 0 Å². The minimum Gasteiger partial charge on any atom is -0.496 e. The fraction of sp³-hybridized carbons (Fsp3) is 0.0833. The van der Waals surface area contributed by atoms with E-state index in [2.05, 4.69) is 0 Å². The first-order valence-electron chi connectivity index (χ1n) is 4.74. The van der Waals surface area contributed by atoms with Crippen LogP contribution < -0.4 is 10.5 Å². The van der Waals surface area contributed by atoms with Crippen LogP contribution in [0.1, 0.15) is 16.1 Å². The molecule has 0 saturated carbocycles. The zero-order chi connectivity index (χ0) is 11.5. The Hall–Kier alpha value is -2.23. The predicted octanol–water partition coefficient (Wildman–Crippen LogP) is 2.10. The second-order valence-electron chi connectivity index (χ2n) is 3.23. The molecule has 82 valence electrons. The summed E-state index contributed by atoms with van der Waals surface area (Å²) in [6, 6.07) is 8.31. The third kappa shape index (κ3) is 1.65. The van der Waals surface area contributed by atoms with Gasteiger partial charge in [0.1, 0.15) is 5.75 Å². The van der Waals surface area contributed by atoms with Crippen molar-refractivity contribution in [2.75, 3.05) is 12.8 Å². The highest BCUT2D eigenvalue weighted by molar-refractivity contribution is 6.12. The smallest absolute Gasteiger partial charge is 0.233 e. The average Bonchev–Trinajstić information content (AvgIpc) is 2.81. The van der Waals surface area contributed by atoms with Crippen molar-refractivity contribution in [2.24, 2.45) is 0 Å². The first-order valence-corrected chi connectivity index (χ1v) is 4.74. The summed E-state index contributed by atoms with van der Waals surface area (Å²) in [5.74, 6) is 0.414. The van der Waals surface area contributed by atoms with Crippen LogP contribution in [0.5, 0.6) is 5.75 Å².